The van der Waals surface area contributed by atoms with E-state index in [4.69, 9.17) is 10.2 Å². The van der Waals surface area contributed by atoms with Crippen molar-refractivity contribution in [2.24, 2.45) is 0 Å². The lowest BCUT2D eigenvalue weighted by atomic mass is 10.2. The number of nitrogens with zero attached hydrogens (tertiary/aromatic N) is 2. The van der Waals surface area contributed by atoms with E-state index < -0.39 is 31.0 Å². The molecule has 0 amide bonds. The Morgan fingerprint density at radius 3 is 2.15 bits per heavy atom. The van der Waals surface area contributed by atoms with E-state index in [0.29, 0.717) is 5.69 Å². The lowest BCUT2D eigenvalue weighted by Crippen LogP contribution is -2.35. The monoisotopic (exact) mass is 282 g/mol. The molecule has 8 nitrogen and oxygen atoms in total. The third-order valence-electron chi connectivity index (χ3n) is 2.45. The summed E-state index contributed by atoms with van der Waals surface area (Å²) in [5.41, 5.74) is 0.567. The minimum atomic E-state index is -1.18. The topological polar surface area (TPSA) is 117 Å². The van der Waals surface area contributed by atoms with E-state index in [9.17, 15) is 14.4 Å². The van der Waals surface area contributed by atoms with Crippen LogP contribution in [0.3, 0.4) is 0 Å². The molecule has 0 radical (unpaired) electrons. The van der Waals surface area contributed by atoms with E-state index in [-0.39, 0.29) is 11.4 Å². The molecule has 20 heavy (non-hydrogen) atoms. The van der Waals surface area contributed by atoms with Crippen molar-refractivity contribution in [1.29, 1.82) is 0 Å². The fraction of sp³-hybridized carbons (Fsp3) is 0.333. The molecule has 0 spiro atoms. The molecule has 2 N–H and O–H groups in total. The number of hydrogen-bond donors (Lipinski definition) is 2. The van der Waals surface area contributed by atoms with Crippen LogP contribution in [0.4, 0.5) is 5.82 Å². The van der Waals surface area contributed by atoms with Crippen LogP contribution < -0.4 is 4.90 Å². The number of aromatic nitrogens is 1. The number of rotatable bonds is 6. The Kier molecular flexibility index (Phi) is 5.01. The van der Waals surface area contributed by atoms with Gasteiger partial charge in [0, 0.05) is 0 Å². The highest BCUT2D eigenvalue weighted by molar-refractivity contribution is 5.90. The summed E-state index contributed by atoms with van der Waals surface area (Å²) in [7, 11) is 1.23. The molecular formula is C12H14N2O6. The molecule has 0 aliphatic heterocycles. The van der Waals surface area contributed by atoms with Gasteiger partial charge < -0.3 is 19.8 Å². The number of aliphatic carboxylic acids is 2. The second kappa shape index (κ2) is 6.50. The quantitative estimate of drug-likeness (QED) is 0.708. The van der Waals surface area contributed by atoms with Crippen LogP contribution in [0.25, 0.3) is 0 Å². The van der Waals surface area contributed by atoms with Crippen LogP contribution in [0.2, 0.25) is 0 Å². The zero-order chi connectivity index (χ0) is 15.3. The number of ether oxygens (including phenoxy) is 1. The molecule has 0 saturated carbocycles. The van der Waals surface area contributed by atoms with Gasteiger partial charge in [0.2, 0.25) is 0 Å². The van der Waals surface area contributed by atoms with Gasteiger partial charge in [0.25, 0.3) is 0 Å². The number of anilines is 1. The number of carbonyl (C=O) groups excluding carboxylic acids is 1. The van der Waals surface area contributed by atoms with Gasteiger partial charge in [-0.1, -0.05) is 0 Å². The maximum absolute atomic E-state index is 11.4. The lowest BCUT2D eigenvalue weighted by Gasteiger charge is -2.20. The summed E-state index contributed by atoms with van der Waals surface area (Å²) in [4.78, 5) is 38.0. The maximum Gasteiger partial charge on any atom is 0.339 e. The molecule has 1 rings (SSSR count). The molecular weight excluding hydrogens is 268 g/mol. The number of hydrogen-bond acceptors (Lipinski definition) is 6. The largest absolute Gasteiger partial charge is 0.480 e. The Labute approximate surface area is 114 Å². The van der Waals surface area contributed by atoms with Crippen molar-refractivity contribution in [3.63, 3.8) is 0 Å². The lowest BCUT2D eigenvalue weighted by molar-refractivity contribution is -0.136. The number of esters is 1. The van der Waals surface area contributed by atoms with Crippen molar-refractivity contribution in [3.05, 3.63) is 23.4 Å². The van der Waals surface area contributed by atoms with Gasteiger partial charge in [-0.15, -0.1) is 0 Å². The van der Waals surface area contributed by atoms with Crippen LogP contribution >= 0.6 is 0 Å². The second-order valence-corrected chi connectivity index (χ2v) is 3.94. The fourth-order valence-electron chi connectivity index (χ4n) is 1.59. The molecule has 1 aromatic heterocycles. The predicted octanol–water partition coefficient (Wildman–Crippen LogP) is 0.152. The van der Waals surface area contributed by atoms with Crippen LogP contribution in [-0.2, 0) is 14.3 Å². The van der Waals surface area contributed by atoms with Gasteiger partial charge in [0.1, 0.15) is 18.9 Å². The summed E-state index contributed by atoms with van der Waals surface area (Å²) in [6.07, 6.45) is 0. The van der Waals surface area contributed by atoms with E-state index in [1.54, 1.807) is 6.92 Å². The van der Waals surface area contributed by atoms with Crippen molar-refractivity contribution in [2.45, 2.75) is 6.92 Å². The Bertz CT molecular complexity index is 527. The van der Waals surface area contributed by atoms with Crippen molar-refractivity contribution in [2.75, 3.05) is 25.1 Å². The van der Waals surface area contributed by atoms with E-state index in [1.807, 2.05) is 0 Å². The van der Waals surface area contributed by atoms with Gasteiger partial charge >= 0.3 is 17.9 Å². The molecule has 0 atom stereocenters. The molecule has 0 aliphatic rings. The Morgan fingerprint density at radius 2 is 1.75 bits per heavy atom. The second-order valence-electron chi connectivity index (χ2n) is 3.94. The molecule has 0 fully saturated rings. The highest BCUT2D eigenvalue weighted by atomic mass is 16.5. The van der Waals surface area contributed by atoms with Gasteiger partial charge in [0.15, 0.2) is 0 Å². The van der Waals surface area contributed by atoms with Gasteiger partial charge in [-0.2, -0.15) is 0 Å². The molecule has 0 bridgehead atoms. The summed E-state index contributed by atoms with van der Waals surface area (Å²) in [5, 5.41) is 17.5. The summed E-state index contributed by atoms with van der Waals surface area (Å²) >= 11 is 0. The summed E-state index contributed by atoms with van der Waals surface area (Å²) in [6, 6.07) is 2.80. The fourth-order valence-corrected chi connectivity index (χ4v) is 1.59. The summed E-state index contributed by atoms with van der Waals surface area (Å²) < 4.78 is 4.57. The number of carboxylic acids is 2. The number of methoxy groups -OCH3 is 1. The average molecular weight is 282 g/mol. The zero-order valence-corrected chi connectivity index (χ0v) is 11.0. The minimum Gasteiger partial charge on any atom is -0.480 e. The molecule has 1 aromatic rings. The predicted molar refractivity (Wildman–Crippen MR) is 67.8 cm³/mol. The third kappa shape index (κ3) is 3.94. The normalized spacial score (nSPS) is 9.90. The van der Waals surface area contributed by atoms with Crippen LogP contribution in [0, 0.1) is 6.92 Å². The van der Waals surface area contributed by atoms with Gasteiger partial charge in [0.05, 0.1) is 18.4 Å². The Balaban J connectivity index is 3.08. The van der Waals surface area contributed by atoms with Crippen molar-refractivity contribution in [3.8, 4) is 0 Å². The average Bonchev–Trinajstić information content (AvgIpc) is 2.35. The van der Waals surface area contributed by atoms with Crippen molar-refractivity contribution >= 4 is 23.7 Å². The minimum absolute atomic E-state index is 0.167. The third-order valence-corrected chi connectivity index (χ3v) is 2.45. The highest BCUT2D eigenvalue weighted by Gasteiger charge is 2.18. The van der Waals surface area contributed by atoms with Crippen molar-refractivity contribution < 1.29 is 29.3 Å². The maximum atomic E-state index is 11.4. The number of aryl methyl sites for hydroxylation is 1. The first kappa shape index (κ1) is 15.4. The number of carboxylic acid groups (broad SMARTS) is 2. The van der Waals surface area contributed by atoms with E-state index in [0.717, 1.165) is 4.90 Å². The molecule has 0 saturated heterocycles. The summed E-state index contributed by atoms with van der Waals surface area (Å²) in [6.45, 7) is 0.544. The SMILES string of the molecule is COC(=O)c1ccc(N(CC(=O)O)CC(=O)O)nc1C. The van der Waals surface area contributed by atoms with Crippen LogP contribution in [0.1, 0.15) is 16.1 Å². The van der Waals surface area contributed by atoms with Gasteiger partial charge in [-0.25, -0.2) is 9.78 Å². The molecule has 0 unspecified atom stereocenters. The van der Waals surface area contributed by atoms with E-state index in [1.165, 1.54) is 19.2 Å². The highest BCUT2D eigenvalue weighted by Crippen LogP contribution is 2.15. The van der Waals surface area contributed by atoms with Gasteiger partial charge in [-0.05, 0) is 19.1 Å². The van der Waals surface area contributed by atoms with Crippen LogP contribution in [0.15, 0.2) is 12.1 Å². The number of carbonyl (C=O) groups is 3. The smallest absolute Gasteiger partial charge is 0.339 e. The van der Waals surface area contributed by atoms with E-state index in [2.05, 4.69) is 9.72 Å². The molecule has 0 aromatic carbocycles. The Morgan fingerprint density at radius 1 is 1.20 bits per heavy atom. The van der Waals surface area contributed by atoms with E-state index >= 15 is 0 Å². The first-order valence-electron chi connectivity index (χ1n) is 5.59. The Hall–Kier alpha value is -2.64. The van der Waals surface area contributed by atoms with Crippen LogP contribution in [0.5, 0.6) is 0 Å². The molecule has 8 heteroatoms. The first-order valence-corrected chi connectivity index (χ1v) is 5.59. The number of pyridine rings is 1. The molecule has 0 aliphatic carbocycles. The van der Waals surface area contributed by atoms with Crippen LogP contribution in [-0.4, -0.2) is 53.3 Å². The standard InChI is InChI=1S/C12H14N2O6/c1-7-8(12(19)20-2)3-4-9(13-7)14(5-10(15)16)6-11(17)18/h3-4H,5-6H2,1-2H3,(H,15,16)(H,17,18). The van der Waals surface area contributed by atoms with Gasteiger partial charge in [-0.3, -0.25) is 9.59 Å². The molecule has 108 valence electrons. The first-order chi connectivity index (χ1) is 9.35. The zero-order valence-electron chi connectivity index (χ0n) is 11.0. The molecule has 1 heterocycles. The summed E-state index contributed by atoms with van der Waals surface area (Å²) in [5.74, 6) is -2.75. The van der Waals surface area contributed by atoms with Crippen molar-refractivity contribution in [1.82, 2.24) is 4.98 Å².